The highest BCUT2D eigenvalue weighted by atomic mass is 19.1. The second-order valence-corrected chi connectivity index (χ2v) is 6.20. The number of esters is 1. The van der Waals surface area contributed by atoms with Gasteiger partial charge in [-0.15, -0.1) is 0 Å². The van der Waals surface area contributed by atoms with Crippen molar-refractivity contribution in [2.45, 2.75) is 13.0 Å². The third-order valence-corrected chi connectivity index (χ3v) is 4.19. The Morgan fingerprint density at radius 3 is 2.45 bits per heavy atom. The van der Waals surface area contributed by atoms with E-state index in [2.05, 4.69) is 15.6 Å². The van der Waals surface area contributed by atoms with E-state index in [4.69, 9.17) is 4.74 Å². The fraction of sp³-hybridized carbons (Fsp3) is 0.143. The van der Waals surface area contributed by atoms with Crippen molar-refractivity contribution in [1.82, 2.24) is 15.6 Å². The number of para-hydroxylation sites is 1. The summed E-state index contributed by atoms with van der Waals surface area (Å²) in [5.41, 5.74) is 1.83. The Hall–Kier alpha value is -3.81. The van der Waals surface area contributed by atoms with Gasteiger partial charge in [0.1, 0.15) is 5.82 Å². The predicted octanol–water partition coefficient (Wildman–Crippen LogP) is 3.04. The molecule has 148 valence electrons. The number of hydrogen-bond acceptors (Lipinski definition) is 5. The number of ether oxygens (including phenoxy) is 1. The van der Waals surface area contributed by atoms with Gasteiger partial charge in [0.05, 0.1) is 16.8 Å². The molecule has 0 spiro atoms. The molecule has 2 N–H and O–H groups in total. The van der Waals surface area contributed by atoms with Gasteiger partial charge in [-0.25, -0.2) is 19.0 Å². The number of amides is 3. The Balaban J connectivity index is 1.95. The first-order valence-corrected chi connectivity index (χ1v) is 8.78. The number of nitrogens with zero attached hydrogens (tertiary/aromatic N) is 1. The molecule has 7 nitrogen and oxygen atoms in total. The molecular formula is C21H18FN3O4. The van der Waals surface area contributed by atoms with Crippen LogP contribution in [0.5, 0.6) is 0 Å². The molecule has 0 saturated heterocycles. The summed E-state index contributed by atoms with van der Waals surface area (Å²) >= 11 is 0. The number of halogens is 1. The zero-order chi connectivity index (χ0) is 21.0. The van der Waals surface area contributed by atoms with Crippen LogP contribution in [0.25, 0.3) is 22.2 Å². The zero-order valence-corrected chi connectivity index (χ0v) is 15.7. The SMILES string of the molecule is CNC(=O)NC(=O)[C@H](C)OC(=O)c1cc(-c2ccc(F)cc2)nc2ccccc12. The number of urea groups is 1. The molecule has 1 heterocycles. The maximum atomic E-state index is 13.2. The second-order valence-electron chi connectivity index (χ2n) is 6.20. The van der Waals surface area contributed by atoms with E-state index in [0.29, 0.717) is 22.2 Å². The first-order valence-electron chi connectivity index (χ1n) is 8.78. The molecule has 0 aliphatic heterocycles. The van der Waals surface area contributed by atoms with Crippen molar-refractivity contribution in [3.8, 4) is 11.3 Å². The summed E-state index contributed by atoms with van der Waals surface area (Å²) < 4.78 is 18.5. The van der Waals surface area contributed by atoms with Crippen LogP contribution in [0.1, 0.15) is 17.3 Å². The fourth-order valence-electron chi connectivity index (χ4n) is 2.67. The molecule has 3 amide bonds. The maximum Gasteiger partial charge on any atom is 0.339 e. The van der Waals surface area contributed by atoms with E-state index in [1.807, 2.05) is 0 Å². The molecule has 3 aromatic rings. The number of nitrogens with one attached hydrogen (secondary N) is 2. The van der Waals surface area contributed by atoms with Gasteiger partial charge in [0.15, 0.2) is 6.10 Å². The fourth-order valence-corrected chi connectivity index (χ4v) is 2.67. The summed E-state index contributed by atoms with van der Waals surface area (Å²) in [6, 6.07) is 13.5. The number of fused-ring (bicyclic) bond motifs is 1. The average Bonchev–Trinajstić information content (AvgIpc) is 2.73. The van der Waals surface area contributed by atoms with Crippen molar-refractivity contribution in [3.05, 3.63) is 66.0 Å². The number of pyridine rings is 1. The summed E-state index contributed by atoms with van der Waals surface area (Å²) in [6.07, 6.45) is -1.19. The van der Waals surface area contributed by atoms with Crippen molar-refractivity contribution in [2.75, 3.05) is 7.05 Å². The normalized spacial score (nSPS) is 11.6. The summed E-state index contributed by atoms with van der Waals surface area (Å²) in [6.45, 7) is 1.36. The Labute approximate surface area is 165 Å². The molecule has 8 heteroatoms. The van der Waals surface area contributed by atoms with E-state index in [-0.39, 0.29) is 11.4 Å². The first-order chi connectivity index (χ1) is 13.9. The molecule has 0 unspecified atom stereocenters. The highest BCUT2D eigenvalue weighted by molar-refractivity contribution is 6.06. The van der Waals surface area contributed by atoms with E-state index < -0.39 is 24.0 Å². The van der Waals surface area contributed by atoms with E-state index in [9.17, 15) is 18.8 Å². The first kappa shape index (κ1) is 19.9. The minimum absolute atomic E-state index is 0.203. The average molecular weight is 395 g/mol. The predicted molar refractivity (Wildman–Crippen MR) is 105 cm³/mol. The standard InChI is InChI=1S/C21H18FN3O4/c1-12(19(26)25-21(28)23-2)29-20(27)16-11-18(13-7-9-14(22)10-8-13)24-17-6-4-3-5-15(16)17/h3-12H,1-2H3,(H2,23,25,26,28)/t12-/m0/s1. The van der Waals surface area contributed by atoms with Crippen LogP contribution in [0.4, 0.5) is 9.18 Å². The monoisotopic (exact) mass is 395 g/mol. The zero-order valence-electron chi connectivity index (χ0n) is 15.7. The third kappa shape index (κ3) is 4.55. The summed E-state index contributed by atoms with van der Waals surface area (Å²) in [4.78, 5) is 40.5. The molecule has 3 rings (SSSR count). The van der Waals surface area contributed by atoms with Gasteiger partial charge in [-0.1, -0.05) is 18.2 Å². The highest BCUT2D eigenvalue weighted by Gasteiger charge is 2.22. The van der Waals surface area contributed by atoms with Gasteiger partial charge in [-0.05, 0) is 43.3 Å². The summed E-state index contributed by atoms with van der Waals surface area (Å²) in [5, 5.41) is 4.84. The van der Waals surface area contributed by atoms with Crippen molar-refractivity contribution in [2.24, 2.45) is 0 Å². The molecule has 29 heavy (non-hydrogen) atoms. The molecule has 0 aliphatic rings. The topological polar surface area (TPSA) is 97.4 Å². The van der Waals surface area contributed by atoms with Crippen LogP contribution in [-0.4, -0.2) is 36.0 Å². The molecule has 0 radical (unpaired) electrons. The molecule has 2 aromatic carbocycles. The highest BCUT2D eigenvalue weighted by Crippen LogP contribution is 2.26. The molecule has 0 saturated carbocycles. The molecule has 0 bridgehead atoms. The Morgan fingerprint density at radius 2 is 1.76 bits per heavy atom. The Kier molecular flexibility index (Phi) is 5.82. The Bertz CT molecular complexity index is 1080. The van der Waals surface area contributed by atoms with E-state index in [1.165, 1.54) is 32.2 Å². The van der Waals surface area contributed by atoms with Crippen LogP contribution in [-0.2, 0) is 9.53 Å². The van der Waals surface area contributed by atoms with Crippen molar-refractivity contribution < 1.29 is 23.5 Å². The number of hydrogen-bond donors (Lipinski definition) is 2. The smallest absolute Gasteiger partial charge is 0.339 e. The van der Waals surface area contributed by atoms with Crippen LogP contribution >= 0.6 is 0 Å². The van der Waals surface area contributed by atoms with Gasteiger partial charge in [-0.2, -0.15) is 0 Å². The molecule has 1 atom stereocenters. The second kappa shape index (κ2) is 8.47. The van der Waals surface area contributed by atoms with Crippen LogP contribution in [0, 0.1) is 5.82 Å². The molecule has 0 fully saturated rings. The number of carbonyl (C=O) groups excluding carboxylic acids is 3. The molecular weight excluding hydrogens is 377 g/mol. The van der Waals surface area contributed by atoms with Crippen molar-refractivity contribution in [1.29, 1.82) is 0 Å². The summed E-state index contributed by atoms with van der Waals surface area (Å²) in [5.74, 6) is -1.88. The minimum atomic E-state index is -1.19. The van der Waals surface area contributed by atoms with Gasteiger partial charge in [0.25, 0.3) is 5.91 Å². The number of carbonyl (C=O) groups is 3. The van der Waals surface area contributed by atoms with Crippen LogP contribution in [0.3, 0.4) is 0 Å². The quantitative estimate of drug-likeness (QED) is 0.662. The lowest BCUT2D eigenvalue weighted by atomic mass is 10.0. The van der Waals surface area contributed by atoms with Crippen molar-refractivity contribution in [3.63, 3.8) is 0 Å². The van der Waals surface area contributed by atoms with Gasteiger partial charge in [-0.3, -0.25) is 10.1 Å². The van der Waals surface area contributed by atoms with E-state index in [0.717, 1.165) is 0 Å². The van der Waals surface area contributed by atoms with Crippen LogP contribution in [0.2, 0.25) is 0 Å². The van der Waals surface area contributed by atoms with Crippen molar-refractivity contribution >= 4 is 28.8 Å². The number of aromatic nitrogens is 1. The minimum Gasteiger partial charge on any atom is -0.449 e. The summed E-state index contributed by atoms with van der Waals surface area (Å²) in [7, 11) is 1.36. The Morgan fingerprint density at radius 1 is 1.07 bits per heavy atom. The number of benzene rings is 2. The van der Waals surface area contributed by atoms with Gasteiger partial charge >= 0.3 is 12.0 Å². The lowest BCUT2D eigenvalue weighted by Gasteiger charge is -2.14. The lowest BCUT2D eigenvalue weighted by Crippen LogP contribution is -2.43. The van der Waals surface area contributed by atoms with Gasteiger partial charge < -0.3 is 10.1 Å². The van der Waals surface area contributed by atoms with Gasteiger partial charge in [0.2, 0.25) is 0 Å². The lowest BCUT2D eigenvalue weighted by molar-refractivity contribution is -0.127. The largest absolute Gasteiger partial charge is 0.449 e. The number of rotatable bonds is 4. The van der Waals surface area contributed by atoms with Gasteiger partial charge in [0, 0.05) is 18.0 Å². The number of imide groups is 1. The third-order valence-electron chi connectivity index (χ3n) is 4.19. The van der Waals surface area contributed by atoms with Crippen LogP contribution in [0.15, 0.2) is 54.6 Å². The van der Waals surface area contributed by atoms with E-state index >= 15 is 0 Å². The maximum absolute atomic E-state index is 13.2. The molecule has 1 aromatic heterocycles. The van der Waals surface area contributed by atoms with Crippen LogP contribution < -0.4 is 10.6 Å². The molecule has 0 aliphatic carbocycles. The van der Waals surface area contributed by atoms with E-state index in [1.54, 1.807) is 36.4 Å².